The van der Waals surface area contributed by atoms with Crippen molar-refractivity contribution in [2.75, 3.05) is 24.8 Å². The van der Waals surface area contributed by atoms with Crippen molar-refractivity contribution in [1.29, 1.82) is 0 Å². The van der Waals surface area contributed by atoms with Gasteiger partial charge in [0.05, 0.1) is 17.7 Å². The van der Waals surface area contributed by atoms with E-state index in [1.54, 1.807) is 5.06 Å². The van der Waals surface area contributed by atoms with Crippen molar-refractivity contribution in [2.45, 2.75) is 32.1 Å². The zero-order valence-corrected chi connectivity index (χ0v) is 21.3. The van der Waals surface area contributed by atoms with Crippen molar-refractivity contribution in [3.8, 4) is 0 Å². The predicted molar refractivity (Wildman–Crippen MR) is 135 cm³/mol. The molecule has 2 heterocycles. The van der Waals surface area contributed by atoms with E-state index in [1.807, 2.05) is 25.1 Å². The Morgan fingerprint density at radius 2 is 2.11 bits per heavy atom. The van der Waals surface area contributed by atoms with Crippen LogP contribution in [0.4, 0.5) is 10.2 Å². The second kappa shape index (κ2) is 10.9. The molecule has 0 saturated carbocycles. The number of benzene rings is 2. The van der Waals surface area contributed by atoms with Gasteiger partial charge in [0.1, 0.15) is 5.82 Å². The molecule has 7 nitrogen and oxygen atoms in total. The van der Waals surface area contributed by atoms with Crippen LogP contribution in [0.15, 0.2) is 40.9 Å². The predicted octanol–water partition coefficient (Wildman–Crippen LogP) is 5.62. The van der Waals surface area contributed by atoms with Crippen LogP contribution in [0.5, 0.6) is 0 Å². The lowest BCUT2D eigenvalue weighted by Gasteiger charge is -2.22. The molecule has 0 radical (unpaired) electrons. The number of rotatable bonds is 8. The summed E-state index contributed by atoms with van der Waals surface area (Å²) in [6.45, 7) is 3.17. The van der Waals surface area contributed by atoms with E-state index in [-0.39, 0.29) is 25.3 Å². The van der Waals surface area contributed by atoms with E-state index in [4.69, 9.17) is 21.4 Å². The van der Waals surface area contributed by atoms with Crippen LogP contribution in [0.3, 0.4) is 0 Å². The number of carboxylic acids is 1. The minimum atomic E-state index is -0.982. The Bertz CT molecular complexity index is 1280. The van der Waals surface area contributed by atoms with Crippen LogP contribution in [-0.4, -0.2) is 41.7 Å². The van der Waals surface area contributed by atoms with E-state index >= 15 is 0 Å². The number of anilines is 1. The van der Waals surface area contributed by atoms with Gasteiger partial charge in [-0.1, -0.05) is 27.5 Å². The lowest BCUT2D eigenvalue weighted by molar-refractivity contribution is -0.137. The number of nitrogens with one attached hydrogen (secondary N) is 1. The third-order valence-corrected chi connectivity index (χ3v) is 6.83. The van der Waals surface area contributed by atoms with Crippen LogP contribution >= 0.6 is 27.5 Å². The Labute approximate surface area is 215 Å². The van der Waals surface area contributed by atoms with Gasteiger partial charge in [-0.05, 0) is 61.7 Å². The first-order valence-corrected chi connectivity index (χ1v) is 12.4. The number of hydrogen-bond donors (Lipinski definition) is 2. The van der Waals surface area contributed by atoms with Gasteiger partial charge in [0, 0.05) is 45.9 Å². The summed E-state index contributed by atoms with van der Waals surface area (Å²) >= 11 is 9.76. The molecule has 1 fully saturated rings. The number of pyridine rings is 1. The molecule has 10 heteroatoms. The Hall–Kier alpha value is -2.75. The van der Waals surface area contributed by atoms with Crippen molar-refractivity contribution in [2.24, 2.45) is 0 Å². The summed E-state index contributed by atoms with van der Waals surface area (Å²) in [6.07, 6.45) is 0.905. The van der Waals surface area contributed by atoms with Gasteiger partial charge in [-0.3, -0.25) is 14.4 Å². The smallest absolute Gasteiger partial charge is 0.303 e. The highest BCUT2D eigenvalue weighted by molar-refractivity contribution is 9.10. The van der Waals surface area contributed by atoms with Gasteiger partial charge in [-0.2, -0.15) is 0 Å². The zero-order valence-electron chi connectivity index (χ0n) is 19.0. The first-order valence-electron chi connectivity index (χ1n) is 11.2. The van der Waals surface area contributed by atoms with Crippen LogP contribution in [0.1, 0.15) is 46.7 Å². The number of aliphatic carboxylic acids is 1. The topological polar surface area (TPSA) is 91.8 Å². The molecular weight excluding hydrogens is 541 g/mol. The Morgan fingerprint density at radius 1 is 1.31 bits per heavy atom. The second-order valence-electron chi connectivity index (χ2n) is 8.39. The van der Waals surface area contributed by atoms with Crippen molar-refractivity contribution >= 4 is 56.1 Å². The Morgan fingerprint density at radius 3 is 2.83 bits per heavy atom. The molecular formula is C25H24BrClFN3O4. The number of aromatic nitrogens is 1. The summed E-state index contributed by atoms with van der Waals surface area (Å²) < 4.78 is 14.7. The highest BCUT2D eigenvalue weighted by Gasteiger charge is 2.25. The normalized spacial score (nSPS) is 14.3. The number of hydroxylamine groups is 1. The van der Waals surface area contributed by atoms with Crippen molar-refractivity contribution < 1.29 is 23.9 Å². The summed E-state index contributed by atoms with van der Waals surface area (Å²) in [4.78, 5) is 35.2. The second-order valence-corrected chi connectivity index (χ2v) is 9.71. The third-order valence-electron chi connectivity index (χ3n) is 5.99. The first kappa shape index (κ1) is 25.3. The number of nitrogens with zero attached hydrogens (tertiary/aromatic N) is 2. The summed E-state index contributed by atoms with van der Waals surface area (Å²) in [5.41, 5.74) is 2.22. The van der Waals surface area contributed by atoms with Crippen LogP contribution in [0.25, 0.3) is 10.9 Å². The molecule has 0 bridgehead atoms. The molecule has 2 N–H and O–H groups in total. The average molecular weight is 565 g/mol. The first-order chi connectivity index (χ1) is 16.7. The fraction of sp³-hybridized carbons (Fsp3) is 0.320. The van der Waals surface area contributed by atoms with Crippen molar-refractivity contribution in [3.05, 3.63) is 68.4 Å². The molecule has 2 aromatic carbocycles. The highest BCUT2D eigenvalue weighted by atomic mass is 79.9. The minimum absolute atomic E-state index is 0.0854. The van der Waals surface area contributed by atoms with Gasteiger partial charge in [0.25, 0.3) is 5.91 Å². The molecule has 0 aliphatic carbocycles. The van der Waals surface area contributed by atoms with Crippen LogP contribution in [0, 0.1) is 12.7 Å². The average Bonchev–Trinajstić information content (AvgIpc) is 3.35. The van der Waals surface area contributed by atoms with E-state index in [1.165, 1.54) is 18.2 Å². The SMILES string of the molecule is Cc1c(N2CCCO2)nc2ccc(Br)cc2c1C(=O)NCC(CCC(=O)O)c1cc(F)ccc1Cl. The molecule has 1 atom stereocenters. The third kappa shape index (κ3) is 5.74. The number of fused-ring (bicyclic) bond motifs is 1. The number of carbonyl (C=O) groups is 2. The van der Waals surface area contributed by atoms with Crippen molar-refractivity contribution in [1.82, 2.24) is 10.3 Å². The lowest BCUT2D eigenvalue weighted by Crippen LogP contribution is -2.30. The molecule has 1 saturated heterocycles. The Balaban J connectivity index is 1.68. The molecule has 1 aromatic heterocycles. The zero-order chi connectivity index (χ0) is 25.1. The molecule has 1 amide bonds. The number of carbonyl (C=O) groups excluding carboxylic acids is 1. The molecule has 0 spiro atoms. The molecule has 1 aliphatic rings. The maximum atomic E-state index is 13.9. The van der Waals surface area contributed by atoms with Gasteiger partial charge in [0.15, 0.2) is 5.82 Å². The maximum absolute atomic E-state index is 13.9. The van der Waals surface area contributed by atoms with E-state index in [0.29, 0.717) is 51.6 Å². The van der Waals surface area contributed by atoms with Crippen LogP contribution in [-0.2, 0) is 9.63 Å². The van der Waals surface area contributed by atoms with Crippen LogP contribution in [0.2, 0.25) is 5.02 Å². The number of amides is 1. The number of hydrogen-bond acceptors (Lipinski definition) is 5. The van der Waals surface area contributed by atoms with Gasteiger partial charge in [0.2, 0.25) is 0 Å². The molecule has 1 aliphatic heterocycles. The maximum Gasteiger partial charge on any atom is 0.303 e. The monoisotopic (exact) mass is 563 g/mol. The lowest BCUT2D eigenvalue weighted by atomic mass is 9.93. The van der Waals surface area contributed by atoms with Gasteiger partial charge >= 0.3 is 5.97 Å². The minimum Gasteiger partial charge on any atom is -0.481 e. The number of halogens is 3. The number of carboxylic acid groups (broad SMARTS) is 1. The summed E-state index contributed by atoms with van der Waals surface area (Å²) in [5.74, 6) is -1.71. The van der Waals surface area contributed by atoms with E-state index in [9.17, 15) is 19.1 Å². The summed E-state index contributed by atoms with van der Waals surface area (Å²) in [6, 6.07) is 9.48. The highest BCUT2D eigenvalue weighted by Crippen LogP contribution is 2.33. The van der Waals surface area contributed by atoms with Gasteiger partial charge in [-0.15, -0.1) is 0 Å². The van der Waals surface area contributed by atoms with Crippen LogP contribution < -0.4 is 10.4 Å². The molecule has 184 valence electrons. The van der Waals surface area contributed by atoms with Gasteiger partial charge in [-0.25, -0.2) is 14.4 Å². The van der Waals surface area contributed by atoms with E-state index in [0.717, 1.165) is 10.9 Å². The molecule has 1 unspecified atom stereocenters. The van der Waals surface area contributed by atoms with E-state index < -0.39 is 17.7 Å². The standard InChI is InChI=1S/C25H24BrClFN3O4/c1-14-23(19-11-16(26)4-7-21(19)30-24(14)31-9-2-10-35-31)25(34)29-13-15(3-8-22(32)33)18-12-17(28)5-6-20(18)27/h4-7,11-12,15H,2-3,8-10,13H2,1H3,(H,29,34)(H,32,33). The quantitative estimate of drug-likeness (QED) is 0.369. The van der Waals surface area contributed by atoms with Crippen molar-refractivity contribution in [3.63, 3.8) is 0 Å². The molecule has 4 rings (SSSR count). The Kier molecular flexibility index (Phi) is 7.88. The van der Waals surface area contributed by atoms with E-state index in [2.05, 4.69) is 21.2 Å². The fourth-order valence-electron chi connectivity index (χ4n) is 4.26. The fourth-order valence-corrected chi connectivity index (χ4v) is 4.90. The summed E-state index contributed by atoms with van der Waals surface area (Å²) in [5, 5.41) is 14.8. The molecule has 3 aromatic rings. The largest absolute Gasteiger partial charge is 0.481 e. The molecule has 35 heavy (non-hydrogen) atoms. The summed E-state index contributed by atoms with van der Waals surface area (Å²) in [7, 11) is 0. The van der Waals surface area contributed by atoms with Gasteiger partial charge < -0.3 is 10.4 Å².